The second-order valence-corrected chi connectivity index (χ2v) is 7.77. The molecule has 2 nitrogen and oxygen atoms in total. The summed E-state index contributed by atoms with van der Waals surface area (Å²) in [6, 6.07) is 10.3. The summed E-state index contributed by atoms with van der Waals surface area (Å²) >= 11 is 2.41. The van der Waals surface area contributed by atoms with Gasteiger partial charge in [-0.1, -0.05) is 58.4 Å². The Hall–Kier alpha value is -0.840. The molecule has 0 aliphatic carbocycles. The zero-order valence-corrected chi connectivity index (χ0v) is 15.4. The molecule has 0 saturated carbocycles. The summed E-state index contributed by atoms with van der Waals surface area (Å²) in [5.41, 5.74) is 1.14. The highest BCUT2D eigenvalue weighted by atomic mass is 127. The van der Waals surface area contributed by atoms with Crippen molar-refractivity contribution >= 4 is 28.5 Å². The quantitative estimate of drug-likeness (QED) is 0.627. The molecule has 2 rings (SSSR count). The van der Waals surface area contributed by atoms with Crippen LogP contribution in [0, 0.1) is 5.41 Å². The molecule has 2 atom stereocenters. The molecule has 21 heavy (non-hydrogen) atoms. The maximum absolute atomic E-state index is 6.22. The normalized spacial score (nSPS) is 22.9. The Labute approximate surface area is 141 Å². The Morgan fingerprint density at radius 2 is 1.95 bits per heavy atom. The van der Waals surface area contributed by atoms with Crippen molar-refractivity contribution in [1.29, 1.82) is 0 Å². The fourth-order valence-electron chi connectivity index (χ4n) is 2.39. The molecule has 0 saturated heterocycles. The van der Waals surface area contributed by atoms with Crippen molar-refractivity contribution in [3.63, 3.8) is 0 Å². The van der Waals surface area contributed by atoms with Crippen LogP contribution in [0.5, 0.6) is 0 Å². The molecule has 3 heteroatoms. The number of rotatable bonds is 4. The Morgan fingerprint density at radius 1 is 1.29 bits per heavy atom. The third kappa shape index (κ3) is 4.09. The van der Waals surface area contributed by atoms with Gasteiger partial charge in [-0.3, -0.25) is 0 Å². The average Bonchev–Trinajstić information content (AvgIpc) is 2.91. The Kier molecular flexibility index (Phi) is 5.47. The third-order valence-corrected chi connectivity index (χ3v) is 4.64. The fraction of sp³-hybridized carbons (Fsp3) is 0.500. The molecule has 0 bridgehead atoms. The van der Waals surface area contributed by atoms with Crippen molar-refractivity contribution in [2.24, 2.45) is 10.4 Å². The molecule has 1 aliphatic heterocycles. The molecule has 0 amide bonds. The number of hydrogen-bond donors (Lipinski definition) is 0. The van der Waals surface area contributed by atoms with E-state index >= 15 is 0 Å². The van der Waals surface area contributed by atoms with Gasteiger partial charge >= 0.3 is 0 Å². The lowest BCUT2D eigenvalue weighted by molar-refractivity contribution is 0.175. The first kappa shape index (κ1) is 16.5. The Bertz CT molecular complexity index is 528. The van der Waals surface area contributed by atoms with Gasteiger partial charge in [0, 0.05) is 9.14 Å². The molecule has 0 spiro atoms. The summed E-state index contributed by atoms with van der Waals surface area (Å²) in [5, 5.41) is 0. The second kappa shape index (κ2) is 6.95. The summed E-state index contributed by atoms with van der Waals surface area (Å²) in [6.07, 6.45) is 4.59. The lowest BCUT2D eigenvalue weighted by atomic mass is 9.84. The molecule has 1 heterocycles. The molecule has 0 unspecified atom stereocenters. The molecule has 0 aromatic heterocycles. The minimum Gasteiger partial charge on any atom is -0.466 e. The van der Waals surface area contributed by atoms with Crippen LogP contribution in [0.4, 0.5) is 0 Å². The predicted octanol–water partition coefficient (Wildman–Crippen LogP) is 5.37. The topological polar surface area (TPSA) is 21.6 Å². The molecular formula is C18H24INO. The molecule has 1 aliphatic rings. The lowest BCUT2D eigenvalue weighted by Crippen LogP contribution is -2.34. The van der Waals surface area contributed by atoms with Crippen molar-refractivity contribution in [2.75, 3.05) is 0 Å². The van der Waals surface area contributed by atoms with Crippen LogP contribution in [0.15, 0.2) is 45.0 Å². The molecular weight excluding hydrogens is 373 g/mol. The van der Waals surface area contributed by atoms with Gasteiger partial charge in [-0.2, -0.15) is 0 Å². The van der Waals surface area contributed by atoms with Crippen LogP contribution < -0.4 is 0 Å². The van der Waals surface area contributed by atoms with Crippen LogP contribution in [0.1, 0.15) is 46.1 Å². The molecule has 1 aromatic rings. The van der Waals surface area contributed by atoms with Gasteiger partial charge in [0.05, 0.1) is 0 Å². The number of unbranched alkanes of at least 4 members (excludes halogenated alkanes) is 1. The van der Waals surface area contributed by atoms with E-state index in [2.05, 4.69) is 68.5 Å². The van der Waals surface area contributed by atoms with Gasteiger partial charge in [0.25, 0.3) is 0 Å². The van der Waals surface area contributed by atoms with Crippen molar-refractivity contribution in [2.45, 2.75) is 52.7 Å². The van der Waals surface area contributed by atoms with Crippen LogP contribution in [0.3, 0.4) is 0 Å². The number of allylic oxidation sites excluding steroid dienone is 1. The van der Waals surface area contributed by atoms with Gasteiger partial charge in [-0.05, 0) is 46.6 Å². The monoisotopic (exact) mass is 397 g/mol. The fourth-order valence-corrected chi connectivity index (χ4v) is 3.16. The zero-order valence-electron chi connectivity index (χ0n) is 13.3. The van der Waals surface area contributed by atoms with Crippen molar-refractivity contribution in [3.05, 3.63) is 45.6 Å². The summed E-state index contributed by atoms with van der Waals surface area (Å²) in [6.45, 7) is 8.89. The highest BCUT2D eigenvalue weighted by Crippen LogP contribution is 2.37. The van der Waals surface area contributed by atoms with Crippen molar-refractivity contribution in [1.82, 2.24) is 0 Å². The second-order valence-electron chi connectivity index (χ2n) is 6.53. The lowest BCUT2D eigenvalue weighted by Gasteiger charge is -2.28. The summed E-state index contributed by atoms with van der Waals surface area (Å²) in [4.78, 5) is 4.89. The number of ether oxygens (including phenoxy) is 1. The minimum absolute atomic E-state index is 0.0485. The van der Waals surface area contributed by atoms with Gasteiger partial charge in [-0.25, -0.2) is 4.99 Å². The van der Waals surface area contributed by atoms with E-state index in [1.807, 2.05) is 18.2 Å². The number of nitrogens with zero attached hydrogens (tertiary/aromatic N) is 1. The smallest absolute Gasteiger partial charge is 0.217 e. The first-order valence-corrected chi connectivity index (χ1v) is 8.66. The van der Waals surface area contributed by atoms with Gasteiger partial charge in [0.2, 0.25) is 5.90 Å². The molecule has 114 valence electrons. The predicted molar refractivity (Wildman–Crippen MR) is 98.1 cm³/mol. The maximum Gasteiger partial charge on any atom is 0.217 e. The highest BCUT2D eigenvalue weighted by molar-refractivity contribution is 14.1. The van der Waals surface area contributed by atoms with Crippen molar-refractivity contribution in [3.8, 4) is 0 Å². The maximum atomic E-state index is 6.22. The first-order valence-electron chi connectivity index (χ1n) is 7.59. The van der Waals surface area contributed by atoms with E-state index in [9.17, 15) is 0 Å². The summed E-state index contributed by atoms with van der Waals surface area (Å²) in [5.74, 6) is 0.777. The van der Waals surface area contributed by atoms with E-state index in [0.717, 1.165) is 24.3 Å². The van der Waals surface area contributed by atoms with Crippen LogP contribution in [0.2, 0.25) is 0 Å². The van der Waals surface area contributed by atoms with E-state index in [1.165, 1.54) is 3.58 Å². The van der Waals surface area contributed by atoms with Gasteiger partial charge in [0.15, 0.2) is 6.10 Å². The molecule has 1 aromatic carbocycles. The molecule has 0 N–H and O–H groups in total. The Balaban J connectivity index is 2.29. The average molecular weight is 397 g/mol. The van der Waals surface area contributed by atoms with E-state index in [1.54, 1.807) is 0 Å². The zero-order chi connectivity index (χ0) is 15.5. The van der Waals surface area contributed by atoms with Crippen molar-refractivity contribution < 1.29 is 4.74 Å². The number of aliphatic imine (C=N–C) groups is 1. The summed E-state index contributed by atoms with van der Waals surface area (Å²) in [7, 11) is 0. The minimum atomic E-state index is 0.0485. The number of halogens is 1. The Morgan fingerprint density at radius 3 is 2.52 bits per heavy atom. The highest BCUT2D eigenvalue weighted by Gasteiger charge is 2.40. The van der Waals surface area contributed by atoms with Crippen LogP contribution in [-0.2, 0) is 4.74 Å². The van der Waals surface area contributed by atoms with E-state index in [4.69, 9.17) is 9.73 Å². The largest absolute Gasteiger partial charge is 0.466 e. The van der Waals surface area contributed by atoms with Crippen LogP contribution in [-0.4, -0.2) is 18.0 Å². The van der Waals surface area contributed by atoms with Gasteiger partial charge in [0.1, 0.15) is 6.04 Å². The van der Waals surface area contributed by atoms with E-state index in [0.29, 0.717) is 0 Å². The van der Waals surface area contributed by atoms with Gasteiger partial charge in [-0.15, -0.1) is 0 Å². The number of hydrogen-bond acceptors (Lipinski definition) is 2. The van der Waals surface area contributed by atoms with Crippen LogP contribution in [0.25, 0.3) is 0 Å². The third-order valence-electron chi connectivity index (χ3n) is 3.59. The van der Waals surface area contributed by atoms with Gasteiger partial charge < -0.3 is 4.74 Å². The number of benzene rings is 1. The molecule has 0 radical (unpaired) electrons. The molecule has 0 fully saturated rings. The van der Waals surface area contributed by atoms with E-state index < -0.39 is 0 Å². The van der Waals surface area contributed by atoms with E-state index in [-0.39, 0.29) is 17.6 Å². The summed E-state index contributed by atoms with van der Waals surface area (Å²) < 4.78 is 7.49. The van der Waals surface area contributed by atoms with Crippen LogP contribution >= 0.6 is 22.6 Å². The standard InChI is InChI=1S/C18H24INO/c1-5-6-12-14(19)15-16(18(2,3)4)20-17(21-15)13-10-8-7-9-11-13/h7-12,15-16H,5-6H2,1-4H3/b14-12-/t15-,16+/m1/s1. The SMILES string of the molecule is CCC/C=C(\I)[C@H]1OC(c2ccccc2)=N[C@@H]1C(C)(C)C. The first-order chi connectivity index (χ1) is 9.93.